The quantitative estimate of drug-likeness (QED) is 0.854. The second-order valence-electron chi connectivity index (χ2n) is 5.08. The van der Waals surface area contributed by atoms with Gasteiger partial charge in [0.05, 0.1) is 6.61 Å². The summed E-state index contributed by atoms with van der Waals surface area (Å²) in [6.45, 7) is 2.46. The second-order valence-corrected chi connectivity index (χ2v) is 6.03. The van der Waals surface area contributed by atoms with Gasteiger partial charge < -0.3 is 14.6 Å². The molecule has 0 saturated heterocycles. The molecule has 1 amide bonds. The summed E-state index contributed by atoms with van der Waals surface area (Å²) in [5, 5.41) is 5.58. The second kappa shape index (κ2) is 7.38. The fraction of sp³-hybridized carbons (Fsp3) is 0.467. The molecule has 0 aliphatic heterocycles. The number of carbonyl (C=O) groups is 1. The molecule has 0 bridgehead atoms. The van der Waals surface area contributed by atoms with Crippen molar-refractivity contribution in [3.05, 3.63) is 40.1 Å². The molecule has 21 heavy (non-hydrogen) atoms. The van der Waals surface area contributed by atoms with Gasteiger partial charge in [-0.3, -0.25) is 4.79 Å². The number of ether oxygens (including phenoxy) is 1. The molecule has 6 heteroatoms. The van der Waals surface area contributed by atoms with Crippen LogP contribution in [-0.2, 0) is 24.8 Å². The van der Waals surface area contributed by atoms with E-state index in [2.05, 4.69) is 20.9 Å². The molecule has 2 aromatic rings. The summed E-state index contributed by atoms with van der Waals surface area (Å²) >= 11 is 1.44. The molecule has 114 valence electrons. The molecule has 0 spiro atoms. The molecule has 0 radical (unpaired) electrons. The van der Waals surface area contributed by atoms with Gasteiger partial charge in [-0.05, 0) is 31.9 Å². The molecule has 2 aromatic heterocycles. The van der Waals surface area contributed by atoms with E-state index in [1.54, 1.807) is 12.5 Å². The van der Waals surface area contributed by atoms with Crippen LogP contribution < -0.4 is 5.32 Å². The van der Waals surface area contributed by atoms with Crippen LogP contribution in [0.2, 0.25) is 0 Å². The Labute approximate surface area is 129 Å². The molecular formula is C15H21N3O2S. The van der Waals surface area contributed by atoms with E-state index in [-0.39, 0.29) is 11.9 Å². The maximum absolute atomic E-state index is 12.1. The van der Waals surface area contributed by atoms with Crippen LogP contribution in [0.25, 0.3) is 0 Å². The predicted molar refractivity (Wildman–Crippen MR) is 83.5 cm³/mol. The van der Waals surface area contributed by atoms with E-state index >= 15 is 0 Å². The first-order valence-corrected chi connectivity index (χ1v) is 7.82. The molecule has 0 aromatic carbocycles. The standard InChI is InChI=1S/C15H21N3O2S/c1-11(6-7-12-5-4-8-18(12)2)16-15(19)13-10-21-14(17-13)9-20-3/h4-5,8,10-11H,6-7,9H2,1-3H3,(H,16,19). The number of methoxy groups -OCH3 is 1. The fourth-order valence-electron chi connectivity index (χ4n) is 2.10. The van der Waals surface area contributed by atoms with Crippen molar-refractivity contribution in [2.24, 2.45) is 7.05 Å². The van der Waals surface area contributed by atoms with E-state index in [1.807, 2.05) is 26.2 Å². The lowest BCUT2D eigenvalue weighted by Crippen LogP contribution is -2.33. The number of amides is 1. The van der Waals surface area contributed by atoms with E-state index in [0.29, 0.717) is 12.3 Å². The Morgan fingerprint density at radius 3 is 3.05 bits per heavy atom. The minimum Gasteiger partial charge on any atom is -0.378 e. The van der Waals surface area contributed by atoms with Gasteiger partial charge in [0.25, 0.3) is 5.91 Å². The van der Waals surface area contributed by atoms with Gasteiger partial charge in [0.2, 0.25) is 0 Å². The molecule has 5 nitrogen and oxygen atoms in total. The van der Waals surface area contributed by atoms with Gasteiger partial charge in [-0.1, -0.05) is 0 Å². The number of carbonyl (C=O) groups excluding carboxylic acids is 1. The van der Waals surface area contributed by atoms with Crippen LogP contribution in [0, 0.1) is 0 Å². The molecule has 0 aliphatic carbocycles. The summed E-state index contributed by atoms with van der Waals surface area (Å²) in [6.07, 6.45) is 3.88. The summed E-state index contributed by atoms with van der Waals surface area (Å²) in [7, 11) is 3.65. The van der Waals surface area contributed by atoms with Crippen molar-refractivity contribution in [2.45, 2.75) is 32.4 Å². The van der Waals surface area contributed by atoms with Gasteiger partial charge in [-0.2, -0.15) is 0 Å². The predicted octanol–water partition coefficient (Wildman–Crippen LogP) is 2.38. The summed E-state index contributed by atoms with van der Waals surface area (Å²) in [4.78, 5) is 16.3. The average Bonchev–Trinajstić information content (AvgIpc) is 3.06. The Balaban J connectivity index is 1.82. The van der Waals surface area contributed by atoms with Crippen molar-refractivity contribution in [3.63, 3.8) is 0 Å². The number of rotatable bonds is 7. The number of nitrogens with one attached hydrogen (secondary N) is 1. The molecule has 0 fully saturated rings. The highest BCUT2D eigenvalue weighted by atomic mass is 32.1. The van der Waals surface area contributed by atoms with Gasteiger partial charge in [-0.25, -0.2) is 4.98 Å². The first-order valence-electron chi connectivity index (χ1n) is 6.94. The summed E-state index contributed by atoms with van der Waals surface area (Å²) in [5.74, 6) is -0.118. The van der Waals surface area contributed by atoms with Crippen LogP contribution in [0.15, 0.2) is 23.7 Å². The van der Waals surface area contributed by atoms with E-state index < -0.39 is 0 Å². The molecule has 1 N–H and O–H groups in total. The van der Waals surface area contributed by atoms with Crippen molar-refractivity contribution in [1.82, 2.24) is 14.9 Å². The summed E-state index contributed by atoms with van der Waals surface area (Å²) in [6, 6.07) is 4.25. The first kappa shape index (κ1) is 15.7. The van der Waals surface area contributed by atoms with Crippen molar-refractivity contribution < 1.29 is 9.53 Å². The van der Waals surface area contributed by atoms with Gasteiger partial charge in [0.1, 0.15) is 10.7 Å². The minimum absolute atomic E-state index is 0.111. The maximum atomic E-state index is 12.1. The minimum atomic E-state index is -0.118. The van der Waals surface area contributed by atoms with Crippen LogP contribution in [0.5, 0.6) is 0 Å². The zero-order valence-electron chi connectivity index (χ0n) is 12.6. The lowest BCUT2D eigenvalue weighted by molar-refractivity contribution is 0.0933. The van der Waals surface area contributed by atoms with Crippen LogP contribution in [0.1, 0.15) is 34.5 Å². The molecule has 1 unspecified atom stereocenters. The third-order valence-corrected chi connectivity index (χ3v) is 4.14. The van der Waals surface area contributed by atoms with Gasteiger partial charge in [-0.15, -0.1) is 11.3 Å². The number of aryl methyl sites for hydroxylation is 2. The molecule has 2 rings (SSSR count). The number of hydrogen-bond acceptors (Lipinski definition) is 4. The van der Waals surface area contributed by atoms with Crippen LogP contribution in [0.4, 0.5) is 0 Å². The third kappa shape index (κ3) is 4.41. The fourth-order valence-corrected chi connectivity index (χ4v) is 2.84. The number of thiazole rings is 1. The average molecular weight is 307 g/mol. The van der Waals surface area contributed by atoms with E-state index in [1.165, 1.54) is 17.0 Å². The Morgan fingerprint density at radius 1 is 1.57 bits per heavy atom. The maximum Gasteiger partial charge on any atom is 0.270 e. The zero-order valence-corrected chi connectivity index (χ0v) is 13.4. The Bertz CT molecular complexity index is 591. The summed E-state index contributed by atoms with van der Waals surface area (Å²) in [5.41, 5.74) is 1.74. The molecule has 1 atom stereocenters. The number of hydrogen-bond donors (Lipinski definition) is 1. The highest BCUT2D eigenvalue weighted by Gasteiger charge is 2.13. The Kier molecular flexibility index (Phi) is 5.52. The molecular weight excluding hydrogens is 286 g/mol. The highest BCUT2D eigenvalue weighted by Crippen LogP contribution is 2.11. The van der Waals surface area contributed by atoms with Crippen molar-refractivity contribution in [3.8, 4) is 0 Å². The third-order valence-electron chi connectivity index (χ3n) is 3.31. The van der Waals surface area contributed by atoms with Crippen molar-refractivity contribution in [1.29, 1.82) is 0 Å². The monoisotopic (exact) mass is 307 g/mol. The molecule has 0 aliphatic rings. The zero-order chi connectivity index (χ0) is 15.2. The largest absolute Gasteiger partial charge is 0.378 e. The van der Waals surface area contributed by atoms with Gasteiger partial charge in [0, 0.05) is 37.5 Å². The van der Waals surface area contributed by atoms with Crippen LogP contribution >= 0.6 is 11.3 Å². The molecule has 2 heterocycles. The van der Waals surface area contributed by atoms with Crippen LogP contribution in [0.3, 0.4) is 0 Å². The normalized spacial score (nSPS) is 12.3. The SMILES string of the molecule is COCc1nc(C(=O)NC(C)CCc2cccn2C)cs1. The molecule has 0 saturated carbocycles. The van der Waals surface area contributed by atoms with Crippen LogP contribution in [-0.4, -0.2) is 28.6 Å². The Morgan fingerprint density at radius 2 is 2.38 bits per heavy atom. The van der Waals surface area contributed by atoms with Gasteiger partial charge in [0.15, 0.2) is 0 Å². The van der Waals surface area contributed by atoms with E-state index in [0.717, 1.165) is 17.8 Å². The van der Waals surface area contributed by atoms with Gasteiger partial charge >= 0.3 is 0 Å². The first-order chi connectivity index (χ1) is 10.1. The van der Waals surface area contributed by atoms with E-state index in [9.17, 15) is 4.79 Å². The smallest absolute Gasteiger partial charge is 0.270 e. The Hall–Kier alpha value is -1.66. The number of aromatic nitrogens is 2. The topological polar surface area (TPSA) is 56.1 Å². The highest BCUT2D eigenvalue weighted by molar-refractivity contribution is 7.09. The summed E-state index contributed by atoms with van der Waals surface area (Å²) < 4.78 is 7.11. The van der Waals surface area contributed by atoms with E-state index in [4.69, 9.17) is 4.74 Å². The lowest BCUT2D eigenvalue weighted by atomic mass is 10.1. The number of nitrogens with zero attached hydrogens (tertiary/aromatic N) is 2. The lowest BCUT2D eigenvalue weighted by Gasteiger charge is -2.13. The van der Waals surface area contributed by atoms with Crippen molar-refractivity contribution in [2.75, 3.05) is 7.11 Å². The van der Waals surface area contributed by atoms with Crippen molar-refractivity contribution >= 4 is 17.2 Å².